The van der Waals surface area contributed by atoms with Crippen LogP contribution in [0.2, 0.25) is 0 Å². The van der Waals surface area contributed by atoms with Crippen molar-refractivity contribution in [2.75, 3.05) is 5.32 Å². The Hall–Kier alpha value is -1.58. The van der Waals surface area contributed by atoms with E-state index in [4.69, 9.17) is 5.11 Å². The Kier molecular flexibility index (Phi) is 3.55. The van der Waals surface area contributed by atoms with Crippen molar-refractivity contribution in [3.63, 3.8) is 0 Å². The largest absolute Gasteiger partial charge is 0.478 e. The highest BCUT2D eigenvalue weighted by atomic mass is 19.1. The SMILES string of the molecule is CC1(Nc2c(F)cccc2C(=O)O)CCCCC1. The van der Waals surface area contributed by atoms with Crippen LogP contribution in [0, 0.1) is 5.82 Å². The lowest BCUT2D eigenvalue weighted by Crippen LogP contribution is -2.37. The Balaban J connectivity index is 2.30. The molecule has 0 saturated heterocycles. The van der Waals surface area contributed by atoms with Gasteiger partial charge >= 0.3 is 5.97 Å². The van der Waals surface area contributed by atoms with Crippen molar-refractivity contribution >= 4 is 11.7 Å². The molecule has 4 heteroatoms. The fraction of sp³-hybridized carbons (Fsp3) is 0.500. The van der Waals surface area contributed by atoms with Crippen LogP contribution in [0.1, 0.15) is 49.4 Å². The lowest BCUT2D eigenvalue weighted by Gasteiger charge is -2.36. The molecule has 18 heavy (non-hydrogen) atoms. The molecular formula is C14H18FNO2. The normalized spacial score (nSPS) is 18.3. The van der Waals surface area contributed by atoms with Crippen LogP contribution in [0.25, 0.3) is 0 Å². The van der Waals surface area contributed by atoms with Gasteiger partial charge in [-0.15, -0.1) is 0 Å². The van der Waals surface area contributed by atoms with Crippen molar-refractivity contribution in [1.29, 1.82) is 0 Å². The number of nitrogens with one attached hydrogen (secondary N) is 1. The predicted octanol–water partition coefficient (Wildman–Crippen LogP) is 3.66. The number of hydrogen-bond acceptors (Lipinski definition) is 2. The zero-order chi connectivity index (χ0) is 13.2. The second-order valence-electron chi connectivity index (χ2n) is 5.21. The van der Waals surface area contributed by atoms with E-state index in [0.29, 0.717) is 0 Å². The summed E-state index contributed by atoms with van der Waals surface area (Å²) in [5.74, 6) is -1.60. The number of para-hydroxylation sites is 1. The number of benzene rings is 1. The number of carboxylic acids is 1. The van der Waals surface area contributed by atoms with Crippen LogP contribution in [0.5, 0.6) is 0 Å². The average Bonchev–Trinajstić information content (AvgIpc) is 2.32. The van der Waals surface area contributed by atoms with Crippen molar-refractivity contribution in [1.82, 2.24) is 0 Å². The van der Waals surface area contributed by atoms with Gasteiger partial charge in [-0.05, 0) is 31.9 Å². The number of halogens is 1. The fourth-order valence-corrected chi connectivity index (χ4v) is 2.59. The minimum atomic E-state index is -1.10. The fourth-order valence-electron chi connectivity index (χ4n) is 2.59. The first kappa shape index (κ1) is 12.9. The lowest BCUT2D eigenvalue weighted by atomic mass is 9.83. The maximum Gasteiger partial charge on any atom is 0.337 e. The highest BCUT2D eigenvalue weighted by Gasteiger charge is 2.29. The number of rotatable bonds is 3. The van der Waals surface area contributed by atoms with Gasteiger partial charge in [-0.25, -0.2) is 9.18 Å². The summed E-state index contributed by atoms with van der Waals surface area (Å²) in [4.78, 5) is 11.1. The average molecular weight is 251 g/mol. The summed E-state index contributed by atoms with van der Waals surface area (Å²) < 4.78 is 13.8. The molecule has 1 saturated carbocycles. The summed E-state index contributed by atoms with van der Waals surface area (Å²) in [6.45, 7) is 2.03. The van der Waals surface area contributed by atoms with E-state index in [1.165, 1.54) is 24.6 Å². The molecule has 2 rings (SSSR count). The van der Waals surface area contributed by atoms with E-state index < -0.39 is 11.8 Å². The smallest absolute Gasteiger partial charge is 0.337 e. The maximum atomic E-state index is 13.8. The molecule has 0 heterocycles. The number of carbonyl (C=O) groups is 1. The molecule has 0 spiro atoms. The third-order valence-corrected chi connectivity index (χ3v) is 3.63. The topological polar surface area (TPSA) is 49.3 Å². The molecule has 1 aromatic carbocycles. The van der Waals surface area contributed by atoms with Crippen LogP contribution < -0.4 is 5.32 Å². The monoisotopic (exact) mass is 251 g/mol. The van der Waals surface area contributed by atoms with Gasteiger partial charge in [0.2, 0.25) is 0 Å². The van der Waals surface area contributed by atoms with E-state index in [0.717, 1.165) is 25.7 Å². The Labute approximate surface area is 106 Å². The first-order valence-corrected chi connectivity index (χ1v) is 6.32. The Morgan fingerprint density at radius 1 is 1.33 bits per heavy atom. The third-order valence-electron chi connectivity index (χ3n) is 3.63. The minimum Gasteiger partial charge on any atom is -0.478 e. The Morgan fingerprint density at radius 2 is 2.00 bits per heavy atom. The van der Waals surface area contributed by atoms with Crippen LogP contribution in [0.4, 0.5) is 10.1 Å². The van der Waals surface area contributed by atoms with Crippen molar-refractivity contribution in [2.45, 2.75) is 44.6 Å². The van der Waals surface area contributed by atoms with Gasteiger partial charge in [0.15, 0.2) is 0 Å². The molecule has 0 amide bonds. The molecule has 0 bridgehead atoms. The Bertz CT molecular complexity index is 453. The summed E-state index contributed by atoms with van der Waals surface area (Å²) in [6.07, 6.45) is 5.28. The van der Waals surface area contributed by atoms with Gasteiger partial charge in [0.1, 0.15) is 5.82 Å². The number of aromatic carboxylic acids is 1. The van der Waals surface area contributed by atoms with Crippen molar-refractivity contribution in [3.05, 3.63) is 29.6 Å². The molecule has 0 atom stereocenters. The second-order valence-corrected chi connectivity index (χ2v) is 5.21. The maximum absolute atomic E-state index is 13.8. The molecule has 1 aliphatic carbocycles. The number of anilines is 1. The van der Waals surface area contributed by atoms with E-state index in [-0.39, 0.29) is 16.8 Å². The standard InChI is InChI=1S/C14H18FNO2/c1-14(8-3-2-4-9-14)16-12-10(13(17)18)6-5-7-11(12)15/h5-7,16H,2-4,8-9H2,1H3,(H,17,18). The van der Waals surface area contributed by atoms with Crippen LogP contribution in [-0.4, -0.2) is 16.6 Å². The zero-order valence-electron chi connectivity index (χ0n) is 10.5. The predicted molar refractivity (Wildman–Crippen MR) is 68.5 cm³/mol. The van der Waals surface area contributed by atoms with Crippen molar-refractivity contribution in [2.24, 2.45) is 0 Å². The highest BCUT2D eigenvalue weighted by Crippen LogP contribution is 2.33. The van der Waals surface area contributed by atoms with E-state index in [1.807, 2.05) is 6.92 Å². The molecule has 1 aliphatic rings. The first-order valence-electron chi connectivity index (χ1n) is 6.32. The van der Waals surface area contributed by atoms with Crippen LogP contribution >= 0.6 is 0 Å². The van der Waals surface area contributed by atoms with Gasteiger partial charge in [-0.2, -0.15) is 0 Å². The molecule has 0 radical (unpaired) electrons. The molecule has 1 aromatic rings. The van der Waals surface area contributed by atoms with E-state index in [2.05, 4.69) is 5.32 Å². The van der Waals surface area contributed by atoms with Crippen molar-refractivity contribution in [3.8, 4) is 0 Å². The lowest BCUT2D eigenvalue weighted by molar-refractivity contribution is 0.0697. The van der Waals surface area contributed by atoms with Gasteiger partial charge in [0.05, 0.1) is 11.3 Å². The molecule has 0 aliphatic heterocycles. The molecule has 1 fully saturated rings. The number of hydrogen-bond donors (Lipinski definition) is 2. The molecule has 98 valence electrons. The summed E-state index contributed by atoms with van der Waals surface area (Å²) in [5, 5.41) is 12.2. The molecule has 2 N–H and O–H groups in total. The van der Waals surface area contributed by atoms with Gasteiger partial charge < -0.3 is 10.4 Å². The second kappa shape index (κ2) is 4.96. The van der Waals surface area contributed by atoms with Crippen LogP contribution in [-0.2, 0) is 0 Å². The highest BCUT2D eigenvalue weighted by molar-refractivity contribution is 5.94. The van der Waals surface area contributed by atoms with E-state index >= 15 is 0 Å². The van der Waals surface area contributed by atoms with E-state index in [1.54, 1.807) is 0 Å². The van der Waals surface area contributed by atoms with Gasteiger partial charge in [0.25, 0.3) is 0 Å². The molecular weight excluding hydrogens is 233 g/mol. The van der Waals surface area contributed by atoms with Crippen LogP contribution in [0.3, 0.4) is 0 Å². The zero-order valence-corrected chi connectivity index (χ0v) is 10.5. The summed E-state index contributed by atoms with van der Waals surface area (Å²) in [7, 11) is 0. The van der Waals surface area contributed by atoms with Gasteiger partial charge in [0, 0.05) is 5.54 Å². The number of carboxylic acid groups (broad SMARTS) is 1. The van der Waals surface area contributed by atoms with Crippen molar-refractivity contribution < 1.29 is 14.3 Å². The summed E-state index contributed by atoms with van der Waals surface area (Å²) >= 11 is 0. The van der Waals surface area contributed by atoms with Gasteiger partial charge in [-0.1, -0.05) is 25.3 Å². The van der Waals surface area contributed by atoms with Gasteiger partial charge in [-0.3, -0.25) is 0 Å². The summed E-state index contributed by atoms with van der Waals surface area (Å²) in [6, 6.07) is 4.15. The minimum absolute atomic E-state index is 0.00167. The molecule has 3 nitrogen and oxygen atoms in total. The Morgan fingerprint density at radius 3 is 2.61 bits per heavy atom. The first-order chi connectivity index (χ1) is 8.52. The molecule has 0 aromatic heterocycles. The molecule has 0 unspecified atom stereocenters. The summed E-state index contributed by atoms with van der Waals surface area (Å²) in [5.41, 5.74) is -0.0822. The van der Waals surface area contributed by atoms with E-state index in [9.17, 15) is 9.18 Å². The quantitative estimate of drug-likeness (QED) is 0.862. The van der Waals surface area contributed by atoms with Crippen LogP contribution in [0.15, 0.2) is 18.2 Å². The third kappa shape index (κ3) is 2.63.